The molecule has 7 heteroatoms. The van der Waals surface area contributed by atoms with E-state index in [4.69, 9.17) is 9.40 Å². The Kier molecular flexibility index (Phi) is 5.46. The molecule has 2 aromatic heterocycles. The third kappa shape index (κ3) is 3.65. The highest BCUT2D eigenvalue weighted by atomic mass is 19.1. The molecule has 0 N–H and O–H groups in total. The fourth-order valence-corrected chi connectivity index (χ4v) is 5.02. The summed E-state index contributed by atoms with van der Waals surface area (Å²) in [5.74, 6) is -0.257. The topological polar surface area (TPSA) is 49.8 Å². The summed E-state index contributed by atoms with van der Waals surface area (Å²) in [7, 11) is 5.29. The van der Waals surface area contributed by atoms with Gasteiger partial charge < -0.3 is 4.42 Å². The molecule has 4 aromatic carbocycles. The van der Waals surface area contributed by atoms with Crippen LogP contribution in [-0.4, -0.2) is 28.5 Å². The molecular formula is C30H20B3FN2O. The van der Waals surface area contributed by atoms with Crippen molar-refractivity contribution in [3.05, 3.63) is 96.3 Å². The molecule has 0 saturated carbocycles. The minimum atomic E-state index is -0.257. The van der Waals surface area contributed by atoms with Crippen molar-refractivity contribution >= 4 is 62.0 Å². The molecule has 6 aromatic rings. The van der Waals surface area contributed by atoms with Crippen LogP contribution in [-0.2, 0) is 0 Å². The summed E-state index contributed by atoms with van der Waals surface area (Å²) in [6.07, 6.45) is 0. The van der Waals surface area contributed by atoms with Gasteiger partial charge in [-0.1, -0.05) is 66.7 Å². The number of pyridine rings is 1. The molecule has 0 aliphatic carbocycles. The van der Waals surface area contributed by atoms with Crippen molar-refractivity contribution in [1.29, 1.82) is 5.26 Å². The average molecular weight is 476 g/mol. The Labute approximate surface area is 216 Å². The summed E-state index contributed by atoms with van der Waals surface area (Å²) in [5.41, 5.74) is 8.86. The SMILES string of the molecule is Bc1nc(-c2cccc3c2oc2c(-c4ccc(-c5ccccc5)cc4)ccc(C#N)c23)c(B)c(F)c1B. The Morgan fingerprint density at radius 3 is 2.14 bits per heavy atom. The van der Waals surface area contributed by atoms with Crippen LogP contribution in [0.2, 0.25) is 0 Å². The summed E-state index contributed by atoms with van der Waals surface area (Å²) in [4.78, 5) is 4.72. The molecular weight excluding hydrogens is 456 g/mol. The van der Waals surface area contributed by atoms with E-state index in [0.29, 0.717) is 44.5 Å². The van der Waals surface area contributed by atoms with Crippen molar-refractivity contribution in [2.75, 3.05) is 0 Å². The number of rotatable bonds is 3. The van der Waals surface area contributed by atoms with Crippen molar-refractivity contribution < 1.29 is 8.81 Å². The van der Waals surface area contributed by atoms with Gasteiger partial charge in [0.1, 0.15) is 32.7 Å². The number of halogens is 1. The highest BCUT2D eigenvalue weighted by molar-refractivity contribution is 6.50. The van der Waals surface area contributed by atoms with E-state index in [9.17, 15) is 9.65 Å². The van der Waals surface area contributed by atoms with Gasteiger partial charge >= 0.3 is 0 Å². The minimum absolute atomic E-state index is 0.257. The fourth-order valence-electron chi connectivity index (χ4n) is 5.02. The standard InChI is InChI=1S/C30H20B3FN2O/c31-24-26(34)25(32)30(33)36-27(24)22-8-4-7-21-23-19(15-35)13-14-20(29(23)37-28(21)22)18-11-9-17(10-12-18)16-5-2-1-3-6-16/h1-14H,31-33H2. The van der Waals surface area contributed by atoms with Gasteiger partial charge in [-0.2, -0.15) is 5.26 Å². The lowest BCUT2D eigenvalue weighted by atomic mass is 9.78. The van der Waals surface area contributed by atoms with E-state index in [0.717, 1.165) is 33.0 Å². The first-order valence-electron chi connectivity index (χ1n) is 12.2. The van der Waals surface area contributed by atoms with Crippen molar-refractivity contribution in [3.8, 4) is 39.6 Å². The lowest BCUT2D eigenvalue weighted by Gasteiger charge is -2.12. The number of aromatic nitrogens is 1. The van der Waals surface area contributed by atoms with Gasteiger partial charge in [0.2, 0.25) is 0 Å². The maximum atomic E-state index is 15.0. The van der Waals surface area contributed by atoms with Crippen LogP contribution >= 0.6 is 0 Å². The van der Waals surface area contributed by atoms with E-state index in [-0.39, 0.29) is 5.82 Å². The molecule has 0 radical (unpaired) electrons. The first-order valence-corrected chi connectivity index (χ1v) is 12.2. The number of hydrogen-bond donors (Lipinski definition) is 0. The quantitative estimate of drug-likeness (QED) is 0.370. The number of nitriles is 1. The smallest absolute Gasteiger partial charge is 0.163 e. The lowest BCUT2D eigenvalue weighted by Crippen LogP contribution is -2.38. The minimum Gasteiger partial charge on any atom is -0.455 e. The van der Waals surface area contributed by atoms with Gasteiger partial charge in [-0.3, -0.25) is 4.98 Å². The summed E-state index contributed by atoms with van der Waals surface area (Å²) in [5, 5.41) is 11.5. The summed E-state index contributed by atoms with van der Waals surface area (Å²) < 4.78 is 21.5. The normalized spacial score (nSPS) is 11.1. The highest BCUT2D eigenvalue weighted by Crippen LogP contribution is 2.41. The second-order valence-corrected chi connectivity index (χ2v) is 9.31. The number of fused-ring (bicyclic) bond motifs is 3. The molecule has 0 spiro atoms. The summed E-state index contributed by atoms with van der Waals surface area (Å²) >= 11 is 0. The van der Waals surface area contributed by atoms with Gasteiger partial charge in [-0.25, -0.2) is 4.39 Å². The van der Waals surface area contributed by atoms with Crippen LogP contribution in [0.3, 0.4) is 0 Å². The molecule has 0 saturated heterocycles. The van der Waals surface area contributed by atoms with Crippen molar-refractivity contribution in [2.24, 2.45) is 0 Å². The number of furan rings is 1. The van der Waals surface area contributed by atoms with E-state index in [1.165, 1.54) is 0 Å². The molecule has 0 unspecified atom stereocenters. The Balaban J connectivity index is 1.59. The van der Waals surface area contributed by atoms with E-state index in [1.807, 2.05) is 56.4 Å². The average Bonchev–Trinajstić information content (AvgIpc) is 3.34. The van der Waals surface area contributed by atoms with Crippen LogP contribution in [0.15, 0.2) is 89.3 Å². The van der Waals surface area contributed by atoms with Crippen LogP contribution < -0.4 is 16.5 Å². The zero-order valence-electron chi connectivity index (χ0n) is 20.8. The molecule has 172 valence electrons. The zero-order valence-corrected chi connectivity index (χ0v) is 20.8. The van der Waals surface area contributed by atoms with Gasteiger partial charge in [0.15, 0.2) is 7.85 Å². The van der Waals surface area contributed by atoms with Gasteiger partial charge in [-0.05, 0) is 51.4 Å². The van der Waals surface area contributed by atoms with E-state index >= 15 is 0 Å². The zero-order chi connectivity index (χ0) is 25.7. The number of hydrogen-bond acceptors (Lipinski definition) is 3. The molecule has 0 amide bonds. The lowest BCUT2D eigenvalue weighted by molar-refractivity contribution is 0.644. The second kappa shape index (κ2) is 8.83. The van der Waals surface area contributed by atoms with Crippen LogP contribution in [0, 0.1) is 17.1 Å². The highest BCUT2D eigenvalue weighted by Gasteiger charge is 2.21. The number of nitrogens with zero attached hydrogens (tertiary/aromatic N) is 2. The Morgan fingerprint density at radius 2 is 1.41 bits per heavy atom. The van der Waals surface area contributed by atoms with Crippen LogP contribution in [0.25, 0.3) is 55.4 Å². The molecule has 0 bridgehead atoms. The Bertz CT molecular complexity index is 1870. The first kappa shape index (κ1) is 22.9. The molecule has 0 fully saturated rings. The van der Waals surface area contributed by atoms with Crippen molar-refractivity contribution in [2.45, 2.75) is 0 Å². The van der Waals surface area contributed by atoms with Crippen LogP contribution in [0.5, 0.6) is 0 Å². The molecule has 6 rings (SSSR count). The fraction of sp³-hybridized carbons (Fsp3) is 0. The van der Waals surface area contributed by atoms with Crippen LogP contribution in [0.4, 0.5) is 4.39 Å². The predicted molar refractivity (Wildman–Crippen MR) is 157 cm³/mol. The van der Waals surface area contributed by atoms with E-state index < -0.39 is 0 Å². The monoisotopic (exact) mass is 476 g/mol. The van der Waals surface area contributed by atoms with Gasteiger partial charge in [-0.15, -0.1) is 0 Å². The molecule has 37 heavy (non-hydrogen) atoms. The van der Waals surface area contributed by atoms with Gasteiger partial charge in [0.25, 0.3) is 0 Å². The number of para-hydroxylation sites is 1. The first-order chi connectivity index (χ1) is 18.0. The third-order valence-electron chi connectivity index (χ3n) is 7.16. The molecule has 0 aliphatic heterocycles. The Morgan fingerprint density at radius 1 is 0.703 bits per heavy atom. The third-order valence-corrected chi connectivity index (χ3v) is 7.16. The van der Waals surface area contributed by atoms with Crippen molar-refractivity contribution in [1.82, 2.24) is 4.98 Å². The van der Waals surface area contributed by atoms with Gasteiger partial charge in [0, 0.05) is 21.9 Å². The van der Waals surface area contributed by atoms with Gasteiger partial charge in [0.05, 0.1) is 17.3 Å². The second-order valence-electron chi connectivity index (χ2n) is 9.31. The summed E-state index contributed by atoms with van der Waals surface area (Å²) in [6, 6.07) is 30.4. The maximum absolute atomic E-state index is 15.0. The molecule has 0 atom stereocenters. The molecule has 3 nitrogen and oxygen atoms in total. The molecule has 0 aliphatic rings. The summed E-state index contributed by atoms with van der Waals surface area (Å²) in [6.45, 7) is 0. The Hall–Kier alpha value is -4.56. The maximum Gasteiger partial charge on any atom is 0.163 e. The largest absolute Gasteiger partial charge is 0.455 e. The predicted octanol–water partition coefficient (Wildman–Crippen LogP) is 2.77. The van der Waals surface area contributed by atoms with E-state index in [2.05, 4.69) is 42.5 Å². The van der Waals surface area contributed by atoms with Crippen LogP contribution in [0.1, 0.15) is 5.56 Å². The van der Waals surface area contributed by atoms with Crippen molar-refractivity contribution in [3.63, 3.8) is 0 Å². The van der Waals surface area contributed by atoms with E-state index in [1.54, 1.807) is 15.7 Å². The molecule has 2 heterocycles. The number of benzene rings is 4.